The van der Waals surface area contributed by atoms with Gasteiger partial charge in [0, 0.05) is 0 Å². The van der Waals surface area contributed by atoms with Gasteiger partial charge in [-0.1, -0.05) is 13.8 Å². The molecule has 1 saturated carbocycles. The average molecular weight is 282 g/mol. The third-order valence-electron chi connectivity index (χ3n) is 2.98. The molecule has 1 aliphatic rings. The minimum Gasteiger partial charge on any atom is -0.358 e. The fourth-order valence-electron chi connectivity index (χ4n) is 2.37. The molecular formula is C12H28P2Ti. The molecule has 0 aromatic carbocycles. The Morgan fingerprint density at radius 1 is 0.933 bits per heavy atom. The van der Waals surface area contributed by atoms with Gasteiger partial charge in [-0.05, 0) is 49.3 Å². The van der Waals surface area contributed by atoms with Gasteiger partial charge in [-0.3, -0.25) is 0 Å². The fourth-order valence-corrected chi connectivity index (χ4v) is 5.16. The Kier molecular flexibility index (Phi) is 13.9. The van der Waals surface area contributed by atoms with Gasteiger partial charge in [-0.25, -0.2) is 0 Å². The standard InChI is InChI=1S/C10H22P2.2CH3.Ti/c1-10(2)6-8(11-3)5-9(7-10)12-4;;;/h8-9,11-12H,5-7H2,1-4H3;2*1H3;/q;2*-1;+2. The van der Waals surface area contributed by atoms with Crippen LogP contribution in [0.25, 0.3) is 0 Å². The second kappa shape index (κ2) is 9.59. The van der Waals surface area contributed by atoms with Crippen LogP contribution < -0.4 is 0 Å². The van der Waals surface area contributed by atoms with Crippen molar-refractivity contribution in [3.05, 3.63) is 14.9 Å². The third kappa shape index (κ3) is 7.49. The van der Waals surface area contributed by atoms with E-state index in [0.717, 1.165) is 11.3 Å². The van der Waals surface area contributed by atoms with Crippen LogP contribution in [0.15, 0.2) is 0 Å². The van der Waals surface area contributed by atoms with Crippen molar-refractivity contribution in [3.8, 4) is 0 Å². The van der Waals surface area contributed by atoms with Crippen LogP contribution in [0.5, 0.6) is 0 Å². The Morgan fingerprint density at radius 3 is 1.53 bits per heavy atom. The van der Waals surface area contributed by atoms with E-state index in [9.17, 15) is 0 Å². The van der Waals surface area contributed by atoms with Crippen LogP contribution in [0, 0.1) is 20.3 Å². The maximum atomic E-state index is 2.45. The summed E-state index contributed by atoms with van der Waals surface area (Å²) in [6.45, 7) is 9.66. The molecule has 0 aromatic heterocycles. The van der Waals surface area contributed by atoms with E-state index in [-0.39, 0.29) is 36.6 Å². The SMILES string of the molecule is CPC1CC(PC)CC(C)(C)C1.[CH3-].[CH3-].[Ti+2]. The van der Waals surface area contributed by atoms with Crippen molar-refractivity contribution in [2.75, 3.05) is 13.3 Å². The van der Waals surface area contributed by atoms with Gasteiger partial charge in [-0.15, -0.1) is 17.2 Å². The van der Waals surface area contributed by atoms with Gasteiger partial charge in [0.05, 0.1) is 0 Å². The minimum atomic E-state index is 0. The zero-order valence-corrected chi connectivity index (χ0v) is 14.8. The Labute approximate surface area is 117 Å². The summed E-state index contributed by atoms with van der Waals surface area (Å²) in [6.07, 6.45) is 4.47. The molecule has 0 aliphatic heterocycles. The fraction of sp³-hybridized carbons (Fsp3) is 0.833. The summed E-state index contributed by atoms with van der Waals surface area (Å²) in [5.41, 5.74) is 2.73. The van der Waals surface area contributed by atoms with E-state index in [1.54, 1.807) is 0 Å². The summed E-state index contributed by atoms with van der Waals surface area (Å²) < 4.78 is 0. The van der Waals surface area contributed by atoms with Gasteiger partial charge in [0.2, 0.25) is 0 Å². The summed E-state index contributed by atoms with van der Waals surface area (Å²) in [7, 11) is 2.33. The predicted octanol–water partition coefficient (Wildman–Crippen LogP) is 4.45. The quantitative estimate of drug-likeness (QED) is 0.399. The van der Waals surface area contributed by atoms with Crippen LogP contribution in [0.3, 0.4) is 0 Å². The smallest absolute Gasteiger partial charge is 0.358 e. The van der Waals surface area contributed by atoms with Crippen molar-refractivity contribution in [2.24, 2.45) is 5.41 Å². The minimum absolute atomic E-state index is 0. The molecule has 0 amide bonds. The molecule has 15 heavy (non-hydrogen) atoms. The van der Waals surface area contributed by atoms with Crippen LogP contribution in [0.4, 0.5) is 0 Å². The maximum Gasteiger partial charge on any atom is 2.00 e. The summed E-state index contributed by atoms with van der Waals surface area (Å²) in [5, 5.41) is 0. The van der Waals surface area contributed by atoms with E-state index >= 15 is 0 Å². The van der Waals surface area contributed by atoms with E-state index in [4.69, 9.17) is 0 Å². The van der Waals surface area contributed by atoms with Crippen molar-refractivity contribution < 1.29 is 21.7 Å². The predicted molar refractivity (Wildman–Crippen MR) is 76.5 cm³/mol. The summed E-state index contributed by atoms with van der Waals surface area (Å²) in [5.74, 6) is 0. The van der Waals surface area contributed by atoms with Crippen LogP contribution in [-0.4, -0.2) is 24.6 Å². The second-order valence-corrected chi connectivity index (χ2v) is 7.57. The molecule has 0 heterocycles. The van der Waals surface area contributed by atoms with Gasteiger partial charge >= 0.3 is 21.7 Å². The molecule has 0 aromatic rings. The van der Waals surface area contributed by atoms with E-state index in [2.05, 4.69) is 27.2 Å². The third-order valence-corrected chi connectivity index (χ3v) is 5.50. The van der Waals surface area contributed by atoms with Crippen molar-refractivity contribution in [2.45, 2.75) is 44.4 Å². The van der Waals surface area contributed by atoms with Crippen molar-refractivity contribution in [3.63, 3.8) is 0 Å². The monoisotopic (exact) mass is 282 g/mol. The normalized spacial score (nSPS) is 29.6. The van der Waals surface area contributed by atoms with E-state index < -0.39 is 0 Å². The first-order valence-corrected chi connectivity index (χ1v) is 8.07. The average Bonchev–Trinajstić information content (AvgIpc) is 2.01. The number of hydrogen-bond donors (Lipinski definition) is 0. The molecule has 0 saturated heterocycles. The first-order chi connectivity index (χ1) is 5.57. The molecule has 1 fully saturated rings. The molecule has 0 N–H and O–H groups in total. The topological polar surface area (TPSA) is 0 Å². The molecule has 0 radical (unpaired) electrons. The molecule has 0 spiro atoms. The van der Waals surface area contributed by atoms with Gasteiger partial charge in [0.25, 0.3) is 0 Å². The van der Waals surface area contributed by atoms with Crippen molar-refractivity contribution in [1.29, 1.82) is 0 Å². The Balaban J connectivity index is -0.000000480. The Morgan fingerprint density at radius 2 is 1.27 bits per heavy atom. The van der Waals surface area contributed by atoms with E-state index in [1.165, 1.54) is 36.4 Å². The molecule has 0 nitrogen and oxygen atoms in total. The molecule has 4 atom stereocenters. The molecular weight excluding hydrogens is 254 g/mol. The Hall–Kier alpha value is 1.57. The second-order valence-electron chi connectivity index (χ2n) is 4.78. The molecule has 90 valence electrons. The van der Waals surface area contributed by atoms with E-state index in [1.807, 2.05) is 0 Å². The van der Waals surface area contributed by atoms with Crippen LogP contribution in [0.2, 0.25) is 0 Å². The van der Waals surface area contributed by atoms with E-state index in [0.29, 0.717) is 5.41 Å². The van der Waals surface area contributed by atoms with Crippen molar-refractivity contribution in [1.82, 2.24) is 0 Å². The van der Waals surface area contributed by atoms with Crippen LogP contribution >= 0.6 is 17.2 Å². The largest absolute Gasteiger partial charge is 2.00 e. The maximum absolute atomic E-state index is 2.45. The number of hydrogen-bond acceptors (Lipinski definition) is 0. The molecule has 3 heteroatoms. The molecule has 4 unspecified atom stereocenters. The van der Waals surface area contributed by atoms with Gasteiger partial charge in [0.15, 0.2) is 0 Å². The molecule has 1 aliphatic carbocycles. The van der Waals surface area contributed by atoms with Crippen LogP contribution in [0.1, 0.15) is 33.1 Å². The van der Waals surface area contributed by atoms with Gasteiger partial charge < -0.3 is 14.9 Å². The summed E-state index contributed by atoms with van der Waals surface area (Å²) in [4.78, 5) is 0. The zero-order valence-electron chi connectivity index (χ0n) is 11.3. The first-order valence-electron chi connectivity index (χ1n) is 4.92. The summed E-state index contributed by atoms with van der Waals surface area (Å²) in [6, 6.07) is 0. The zero-order chi connectivity index (χ0) is 9.19. The molecule has 0 bridgehead atoms. The van der Waals surface area contributed by atoms with Crippen molar-refractivity contribution >= 4 is 17.2 Å². The van der Waals surface area contributed by atoms with Gasteiger partial charge in [0.1, 0.15) is 0 Å². The van der Waals surface area contributed by atoms with Crippen LogP contribution in [-0.2, 0) is 21.7 Å². The Bertz CT molecular complexity index is 135. The first kappa shape index (κ1) is 21.8. The number of rotatable bonds is 2. The summed E-state index contributed by atoms with van der Waals surface area (Å²) >= 11 is 0. The van der Waals surface area contributed by atoms with Gasteiger partial charge in [-0.2, -0.15) is 0 Å². The molecule has 1 rings (SSSR count).